The molecule has 1 fully saturated rings. The van der Waals surface area contributed by atoms with Gasteiger partial charge in [0, 0.05) is 24.9 Å². The van der Waals surface area contributed by atoms with E-state index in [4.69, 9.17) is 4.74 Å². The van der Waals surface area contributed by atoms with E-state index in [0.29, 0.717) is 11.3 Å². The number of hydrogen-bond acceptors (Lipinski definition) is 3. The summed E-state index contributed by atoms with van der Waals surface area (Å²) >= 11 is 0. The predicted molar refractivity (Wildman–Crippen MR) is 70.8 cm³/mol. The zero-order valence-corrected chi connectivity index (χ0v) is 11.5. The van der Waals surface area contributed by atoms with E-state index >= 15 is 0 Å². The van der Waals surface area contributed by atoms with E-state index in [0.717, 1.165) is 19.3 Å². The molecule has 0 amide bonds. The van der Waals surface area contributed by atoms with Gasteiger partial charge in [-0.1, -0.05) is 0 Å². The van der Waals surface area contributed by atoms with E-state index in [2.05, 4.69) is 0 Å². The molecule has 1 heterocycles. The van der Waals surface area contributed by atoms with Crippen molar-refractivity contribution in [2.45, 2.75) is 45.3 Å². The van der Waals surface area contributed by atoms with Gasteiger partial charge in [0.2, 0.25) is 0 Å². The SMILES string of the molecule is COC1CCC(n2c(C)c(C(=O)O)c(C)cc2=O)C1. The zero-order chi connectivity index (χ0) is 14.2. The Balaban J connectivity index is 2.49. The first-order chi connectivity index (χ1) is 8.95. The number of carbonyl (C=O) groups is 1. The van der Waals surface area contributed by atoms with Crippen LogP contribution in [0.5, 0.6) is 0 Å². The summed E-state index contributed by atoms with van der Waals surface area (Å²) in [6.45, 7) is 3.37. The summed E-state index contributed by atoms with van der Waals surface area (Å²) in [7, 11) is 1.67. The van der Waals surface area contributed by atoms with Crippen LogP contribution in [0.15, 0.2) is 10.9 Å². The Morgan fingerprint density at radius 1 is 1.42 bits per heavy atom. The van der Waals surface area contributed by atoms with Gasteiger partial charge in [-0.2, -0.15) is 0 Å². The van der Waals surface area contributed by atoms with Crippen LogP contribution >= 0.6 is 0 Å². The number of rotatable bonds is 3. The monoisotopic (exact) mass is 265 g/mol. The van der Waals surface area contributed by atoms with E-state index in [1.54, 1.807) is 25.5 Å². The molecular formula is C14H19NO4. The molecule has 0 spiro atoms. The highest BCUT2D eigenvalue weighted by atomic mass is 16.5. The summed E-state index contributed by atoms with van der Waals surface area (Å²) in [5.74, 6) is -0.981. The fourth-order valence-electron chi connectivity index (χ4n) is 3.04. The predicted octanol–water partition coefficient (Wildman–Crippen LogP) is 1.90. The minimum atomic E-state index is -0.981. The van der Waals surface area contributed by atoms with Gasteiger partial charge < -0.3 is 14.4 Å². The lowest BCUT2D eigenvalue weighted by Gasteiger charge is -2.20. The van der Waals surface area contributed by atoms with E-state index in [1.165, 1.54) is 6.07 Å². The Hall–Kier alpha value is -1.62. The van der Waals surface area contributed by atoms with Crippen LogP contribution in [0.25, 0.3) is 0 Å². The smallest absolute Gasteiger partial charge is 0.337 e. The molecule has 5 nitrogen and oxygen atoms in total. The summed E-state index contributed by atoms with van der Waals surface area (Å²) in [6.07, 6.45) is 2.68. The molecule has 1 N–H and O–H groups in total. The summed E-state index contributed by atoms with van der Waals surface area (Å²) in [6, 6.07) is 1.45. The summed E-state index contributed by atoms with van der Waals surface area (Å²) in [5.41, 5.74) is 1.18. The largest absolute Gasteiger partial charge is 0.478 e. The third-order valence-corrected chi connectivity index (χ3v) is 3.96. The number of aromatic carboxylic acids is 1. The first-order valence-electron chi connectivity index (χ1n) is 6.44. The van der Waals surface area contributed by atoms with Crippen molar-refractivity contribution in [2.24, 2.45) is 0 Å². The van der Waals surface area contributed by atoms with Crippen LogP contribution in [-0.2, 0) is 4.74 Å². The normalized spacial score (nSPS) is 22.7. The lowest BCUT2D eigenvalue weighted by atomic mass is 10.1. The van der Waals surface area contributed by atoms with E-state index < -0.39 is 5.97 Å². The van der Waals surface area contributed by atoms with Crippen molar-refractivity contribution in [3.05, 3.63) is 33.2 Å². The maximum absolute atomic E-state index is 12.1. The van der Waals surface area contributed by atoms with Crippen molar-refractivity contribution < 1.29 is 14.6 Å². The number of methoxy groups -OCH3 is 1. The lowest BCUT2D eigenvalue weighted by Crippen LogP contribution is -2.28. The van der Waals surface area contributed by atoms with Crippen LogP contribution < -0.4 is 5.56 Å². The molecule has 1 aliphatic rings. The van der Waals surface area contributed by atoms with Gasteiger partial charge in [-0.25, -0.2) is 4.79 Å². The van der Waals surface area contributed by atoms with Crippen molar-refractivity contribution in [1.82, 2.24) is 4.57 Å². The number of nitrogens with zero attached hydrogens (tertiary/aromatic N) is 1. The molecule has 0 bridgehead atoms. The summed E-state index contributed by atoms with van der Waals surface area (Å²) in [4.78, 5) is 23.4. The standard InChI is InChI=1S/C14H19NO4/c1-8-6-12(16)15(9(2)13(8)14(17)18)10-4-5-11(7-10)19-3/h6,10-11H,4-5,7H2,1-3H3,(H,17,18). The van der Waals surface area contributed by atoms with E-state index in [9.17, 15) is 14.7 Å². The van der Waals surface area contributed by atoms with Gasteiger partial charge >= 0.3 is 5.97 Å². The maximum atomic E-state index is 12.1. The molecule has 0 radical (unpaired) electrons. The number of carboxylic acids is 1. The second-order valence-electron chi connectivity index (χ2n) is 5.13. The topological polar surface area (TPSA) is 68.5 Å². The van der Waals surface area contributed by atoms with Gasteiger partial charge in [0.15, 0.2) is 0 Å². The lowest BCUT2D eigenvalue weighted by molar-refractivity contribution is 0.0693. The quantitative estimate of drug-likeness (QED) is 0.906. The summed E-state index contributed by atoms with van der Waals surface area (Å²) in [5, 5.41) is 9.26. The molecule has 5 heteroatoms. The Kier molecular flexibility index (Phi) is 3.75. The Labute approximate surface area is 111 Å². The molecular weight excluding hydrogens is 246 g/mol. The Bertz CT molecular complexity index is 561. The highest BCUT2D eigenvalue weighted by Gasteiger charge is 2.28. The average Bonchev–Trinajstić information content (AvgIpc) is 2.76. The molecule has 1 saturated carbocycles. The second kappa shape index (κ2) is 5.17. The fourth-order valence-corrected chi connectivity index (χ4v) is 3.04. The van der Waals surface area contributed by atoms with Crippen LogP contribution in [0.3, 0.4) is 0 Å². The van der Waals surface area contributed by atoms with Gasteiger partial charge in [0.1, 0.15) is 0 Å². The highest BCUT2D eigenvalue weighted by Crippen LogP contribution is 2.32. The van der Waals surface area contributed by atoms with E-state index in [1.807, 2.05) is 0 Å². The minimum absolute atomic E-state index is 0.0381. The maximum Gasteiger partial charge on any atom is 0.337 e. The van der Waals surface area contributed by atoms with Crippen LogP contribution in [-0.4, -0.2) is 28.9 Å². The van der Waals surface area contributed by atoms with Crippen molar-refractivity contribution in [3.63, 3.8) is 0 Å². The molecule has 1 aliphatic carbocycles. The minimum Gasteiger partial charge on any atom is -0.478 e. The molecule has 0 aliphatic heterocycles. The molecule has 2 atom stereocenters. The highest BCUT2D eigenvalue weighted by molar-refractivity contribution is 5.90. The molecule has 104 valence electrons. The second-order valence-corrected chi connectivity index (χ2v) is 5.13. The third-order valence-electron chi connectivity index (χ3n) is 3.96. The van der Waals surface area contributed by atoms with Crippen molar-refractivity contribution in [3.8, 4) is 0 Å². The van der Waals surface area contributed by atoms with Gasteiger partial charge in [-0.3, -0.25) is 4.79 Å². The zero-order valence-electron chi connectivity index (χ0n) is 11.5. The number of ether oxygens (including phenoxy) is 1. The summed E-state index contributed by atoms with van der Waals surface area (Å²) < 4.78 is 6.93. The fraction of sp³-hybridized carbons (Fsp3) is 0.571. The molecule has 1 aromatic rings. The van der Waals surface area contributed by atoms with Crippen molar-refractivity contribution in [1.29, 1.82) is 0 Å². The number of aryl methyl sites for hydroxylation is 1. The van der Waals surface area contributed by atoms with Crippen LogP contribution in [0, 0.1) is 13.8 Å². The molecule has 0 saturated heterocycles. The van der Waals surface area contributed by atoms with Crippen LogP contribution in [0.2, 0.25) is 0 Å². The number of pyridine rings is 1. The van der Waals surface area contributed by atoms with Gasteiger partial charge in [0.25, 0.3) is 5.56 Å². The number of aromatic nitrogens is 1. The first kappa shape index (κ1) is 13.8. The third kappa shape index (κ3) is 2.42. The average molecular weight is 265 g/mol. The van der Waals surface area contributed by atoms with E-state index in [-0.39, 0.29) is 23.3 Å². The van der Waals surface area contributed by atoms with Crippen LogP contribution in [0.4, 0.5) is 0 Å². The van der Waals surface area contributed by atoms with Gasteiger partial charge in [-0.15, -0.1) is 0 Å². The molecule has 1 aromatic heterocycles. The van der Waals surface area contributed by atoms with Gasteiger partial charge in [0.05, 0.1) is 11.7 Å². The molecule has 19 heavy (non-hydrogen) atoms. The van der Waals surface area contributed by atoms with Crippen LogP contribution in [0.1, 0.15) is 46.9 Å². The molecule has 0 aromatic carbocycles. The number of carboxylic acid groups (broad SMARTS) is 1. The van der Waals surface area contributed by atoms with Gasteiger partial charge in [-0.05, 0) is 38.7 Å². The Morgan fingerprint density at radius 3 is 2.63 bits per heavy atom. The Morgan fingerprint density at radius 2 is 2.11 bits per heavy atom. The molecule has 2 rings (SSSR count). The number of hydrogen-bond donors (Lipinski definition) is 1. The molecule has 2 unspecified atom stereocenters. The van der Waals surface area contributed by atoms with Crippen molar-refractivity contribution in [2.75, 3.05) is 7.11 Å². The first-order valence-corrected chi connectivity index (χ1v) is 6.44. The van der Waals surface area contributed by atoms with Crippen molar-refractivity contribution >= 4 is 5.97 Å².